The van der Waals surface area contributed by atoms with Crippen molar-refractivity contribution >= 4 is 23.0 Å². The number of nitrogens with zero attached hydrogens (tertiary/aromatic N) is 1. The fourth-order valence-corrected chi connectivity index (χ4v) is 4.75. The summed E-state index contributed by atoms with van der Waals surface area (Å²) in [6.45, 7) is 0. The Morgan fingerprint density at radius 1 is 0.750 bits per heavy atom. The third kappa shape index (κ3) is 2.42. The predicted molar refractivity (Wildman–Crippen MR) is 124 cm³/mol. The van der Waals surface area contributed by atoms with Gasteiger partial charge in [-0.1, -0.05) is 54.6 Å². The van der Waals surface area contributed by atoms with Crippen molar-refractivity contribution in [1.82, 2.24) is 0 Å². The number of nitrogen functional groups attached to an aromatic ring is 1. The van der Waals surface area contributed by atoms with Gasteiger partial charge in [-0.05, 0) is 36.4 Å². The van der Waals surface area contributed by atoms with E-state index in [0.29, 0.717) is 22.7 Å². The van der Waals surface area contributed by atoms with E-state index in [-0.39, 0.29) is 0 Å². The minimum Gasteiger partial charge on any atom is -0.456 e. The molecule has 0 radical (unpaired) electrons. The monoisotopic (exact) mass is 420 g/mol. The first kappa shape index (κ1) is 18.5. The van der Waals surface area contributed by atoms with Gasteiger partial charge in [-0.2, -0.15) is 0 Å². The molecular formula is C27H20N2O3. The van der Waals surface area contributed by atoms with E-state index in [4.69, 9.17) is 15.2 Å². The molecule has 4 aromatic carbocycles. The van der Waals surface area contributed by atoms with Crippen LogP contribution in [-0.4, -0.2) is 13.0 Å². The predicted octanol–water partition coefficient (Wildman–Crippen LogP) is 5.60. The minimum atomic E-state index is -1.13. The van der Waals surface area contributed by atoms with Gasteiger partial charge in [-0.3, -0.25) is 0 Å². The number of carbonyl (C=O) groups excluding carboxylic acids is 1. The number of hydrogen-bond acceptors (Lipinski definition) is 5. The largest absolute Gasteiger partial charge is 0.456 e. The summed E-state index contributed by atoms with van der Waals surface area (Å²) in [5.41, 5.74) is 10.3. The summed E-state index contributed by atoms with van der Waals surface area (Å²) in [4.78, 5) is 15.2. The molecule has 0 atom stereocenters. The number of hydrogen-bond donors (Lipinski definition) is 1. The number of fused-ring (bicyclic) bond motifs is 6. The van der Waals surface area contributed by atoms with Gasteiger partial charge in [0.1, 0.15) is 11.5 Å². The maximum absolute atomic E-state index is 13.2. The van der Waals surface area contributed by atoms with Gasteiger partial charge < -0.3 is 20.1 Å². The van der Waals surface area contributed by atoms with Crippen LogP contribution in [0.25, 0.3) is 0 Å². The van der Waals surface area contributed by atoms with Crippen molar-refractivity contribution in [1.29, 1.82) is 0 Å². The highest BCUT2D eigenvalue weighted by Crippen LogP contribution is 2.57. The van der Waals surface area contributed by atoms with Gasteiger partial charge in [0.25, 0.3) is 0 Å². The zero-order valence-corrected chi connectivity index (χ0v) is 17.4. The smallest absolute Gasteiger partial charge is 0.342 e. The fraction of sp³-hybridized carbons (Fsp3) is 0.0741. The standard InChI is InChI=1S/C27H20N2O3/c1-29(17-9-3-2-4-10-17)18-15-21-25(22(28)16-18)26(30)32-27(21)19-11-5-7-13-23(19)31-24-14-8-6-12-20(24)27/h2-16H,28H2,1H3. The summed E-state index contributed by atoms with van der Waals surface area (Å²) in [7, 11) is 1.98. The second kappa shape index (κ2) is 6.62. The number of ether oxygens (including phenoxy) is 2. The zero-order valence-electron chi connectivity index (χ0n) is 17.4. The summed E-state index contributed by atoms with van der Waals surface area (Å²) >= 11 is 0. The van der Waals surface area contributed by atoms with Gasteiger partial charge in [0, 0.05) is 40.8 Å². The Balaban J connectivity index is 1.65. The molecule has 0 fully saturated rings. The van der Waals surface area contributed by atoms with Crippen molar-refractivity contribution in [3.8, 4) is 11.5 Å². The van der Waals surface area contributed by atoms with Gasteiger partial charge in [0.05, 0.1) is 5.56 Å². The van der Waals surface area contributed by atoms with E-state index in [1.54, 1.807) is 0 Å². The summed E-state index contributed by atoms with van der Waals surface area (Å²) in [6, 6.07) is 29.2. The number of esters is 1. The number of carbonyl (C=O) groups is 1. The van der Waals surface area contributed by atoms with Crippen LogP contribution in [0.5, 0.6) is 11.5 Å². The zero-order chi connectivity index (χ0) is 21.9. The number of benzene rings is 4. The number of rotatable bonds is 2. The highest BCUT2D eigenvalue weighted by Gasteiger charge is 2.54. The average Bonchev–Trinajstić information content (AvgIpc) is 3.12. The molecule has 0 aliphatic carbocycles. The van der Waals surface area contributed by atoms with Crippen LogP contribution in [0.2, 0.25) is 0 Å². The van der Waals surface area contributed by atoms with Crippen molar-refractivity contribution < 1.29 is 14.3 Å². The Hall–Kier alpha value is -4.25. The Morgan fingerprint density at radius 3 is 2.00 bits per heavy atom. The van der Waals surface area contributed by atoms with Crippen LogP contribution in [0.15, 0.2) is 91.0 Å². The van der Waals surface area contributed by atoms with Gasteiger partial charge in [-0.25, -0.2) is 4.79 Å². The molecule has 5 nitrogen and oxygen atoms in total. The van der Waals surface area contributed by atoms with Crippen molar-refractivity contribution in [3.63, 3.8) is 0 Å². The quantitative estimate of drug-likeness (QED) is 0.338. The van der Waals surface area contributed by atoms with Gasteiger partial charge >= 0.3 is 5.97 Å². The molecule has 5 heteroatoms. The van der Waals surface area contributed by atoms with Gasteiger partial charge in [-0.15, -0.1) is 0 Å². The topological polar surface area (TPSA) is 64.8 Å². The molecule has 0 bridgehead atoms. The normalized spacial score (nSPS) is 14.7. The molecule has 2 heterocycles. The third-order valence-electron chi connectivity index (χ3n) is 6.27. The van der Waals surface area contributed by atoms with Gasteiger partial charge in [0.15, 0.2) is 5.60 Å². The fourth-order valence-electron chi connectivity index (χ4n) is 4.75. The molecule has 32 heavy (non-hydrogen) atoms. The molecule has 0 amide bonds. The van der Waals surface area contributed by atoms with Crippen LogP contribution in [-0.2, 0) is 10.3 Å². The van der Waals surface area contributed by atoms with E-state index >= 15 is 0 Å². The van der Waals surface area contributed by atoms with Crippen LogP contribution >= 0.6 is 0 Å². The van der Waals surface area contributed by atoms with Crippen LogP contribution in [0, 0.1) is 0 Å². The molecule has 2 N–H and O–H groups in total. The molecule has 0 aromatic heterocycles. The summed E-state index contributed by atoms with van der Waals surface area (Å²) in [5.74, 6) is 0.886. The molecular weight excluding hydrogens is 400 g/mol. The van der Waals surface area contributed by atoms with Crippen molar-refractivity contribution in [2.75, 3.05) is 17.7 Å². The van der Waals surface area contributed by atoms with E-state index in [1.807, 2.05) is 103 Å². The Morgan fingerprint density at radius 2 is 1.34 bits per heavy atom. The lowest BCUT2D eigenvalue weighted by atomic mass is 9.77. The first-order chi connectivity index (χ1) is 15.6. The van der Waals surface area contributed by atoms with E-state index < -0.39 is 11.6 Å². The van der Waals surface area contributed by atoms with E-state index in [9.17, 15) is 4.79 Å². The van der Waals surface area contributed by atoms with Crippen LogP contribution in [0.1, 0.15) is 27.0 Å². The first-order valence-corrected chi connectivity index (χ1v) is 10.4. The molecule has 2 aliphatic rings. The maximum Gasteiger partial charge on any atom is 0.342 e. The maximum atomic E-state index is 13.2. The lowest BCUT2D eigenvalue weighted by Crippen LogP contribution is -2.33. The number of para-hydroxylation sites is 3. The summed E-state index contributed by atoms with van der Waals surface area (Å²) in [5, 5.41) is 0. The van der Waals surface area contributed by atoms with Crippen molar-refractivity contribution in [3.05, 3.63) is 113 Å². The van der Waals surface area contributed by atoms with Gasteiger partial charge in [0.2, 0.25) is 0 Å². The Kier molecular flexibility index (Phi) is 3.83. The van der Waals surface area contributed by atoms with Crippen LogP contribution in [0.4, 0.5) is 17.1 Å². The van der Waals surface area contributed by atoms with E-state index in [0.717, 1.165) is 28.1 Å². The molecule has 0 unspecified atom stereocenters. The average molecular weight is 420 g/mol. The SMILES string of the molecule is CN(c1ccccc1)c1cc(N)c2c(c1)C1(OC2=O)c2ccccc2Oc2ccccc21. The molecule has 0 saturated carbocycles. The summed E-state index contributed by atoms with van der Waals surface area (Å²) < 4.78 is 12.4. The molecule has 1 spiro atoms. The molecule has 0 saturated heterocycles. The highest BCUT2D eigenvalue weighted by molar-refractivity contribution is 6.03. The summed E-state index contributed by atoms with van der Waals surface area (Å²) in [6.07, 6.45) is 0. The van der Waals surface area contributed by atoms with Crippen LogP contribution in [0.3, 0.4) is 0 Å². The first-order valence-electron chi connectivity index (χ1n) is 10.4. The molecule has 2 aliphatic heterocycles. The van der Waals surface area contributed by atoms with E-state index in [2.05, 4.69) is 0 Å². The second-order valence-corrected chi connectivity index (χ2v) is 8.02. The highest BCUT2D eigenvalue weighted by atomic mass is 16.6. The second-order valence-electron chi connectivity index (χ2n) is 8.02. The Labute approximate surface area is 185 Å². The Bertz CT molecular complexity index is 1340. The van der Waals surface area contributed by atoms with Crippen LogP contribution < -0.4 is 15.4 Å². The van der Waals surface area contributed by atoms with Crippen molar-refractivity contribution in [2.45, 2.75) is 5.60 Å². The van der Waals surface area contributed by atoms with E-state index in [1.165, 1.54) is 0 Å². The minimum absolute atomic E-state index is 0.392. The lowest BCUT2D eigenvalue weighted by Gasteiger charge is -2.36. The molecule has 6 rings (SSSR count). The van der Waals surface area contributed by atoms with Crippen molar-refractivity contribution in [2.24, 2.45) is 0 Å². The molecule has 156 valence electrons. The lowest BCUT2D eigenvalue weighted by molar-refractivity contribution is 0.0225. The third-order valence-corrected chi connectivity index (χ3v) is 6.27. The number of nitrogens with two attached hydrogens (primary N) is 1. The number of anilines is 3. The molecule has 4 aromatic rings.